The molecular formula is C22H26N4O. The van der Waals surface area contributed by atoms with Crippen molar-refractivity contribution in [2.45, 2.75) is 19.5 Å². The monoisotopic (exact) mass is 362 g/mol. The van der Waals surface area contributed by atoms with Crippen molar-refractivity contribution in [3.8, 4) is 17.1 Å². The maximum atomic E-state index is 5.51. The van der Waals surface area contributed by atoms with Gasteiger partial charge in [0.2, 0.25) is 0 Å². The molecule has 27 heavy (non-hydrogen) atoms. The molecule has 0 aliphatic carbocycles. The Balaban J connectivity index is 1.59. The molecule has 5 heteroatoms. The molecule has 0 radical (unpaired) electrons. The van der Waals surface area contributed by atoms with Crippen LogP contribution < -0.4 is 10.1 Å². The van der Waals surface area contributed by atoms with Crippen molar-refractivity contribution in [1.29, 1.82) is 0 Å². The summed E-state index contributed by atoms with van der Waals surface area (Å²) in [7, 11) is 5.80. The first-order valence-electron chi connectivity index (χ1n) is 9.36. The van der Waals surface area contributed by atoms with Crippen LogP contribution in [-0.4, -0.2) is 35.2 Å². The smallest absolute Gasteiger partial charge is 0.140 e. The van der Waals surface area contributed by atoms with Crippen molar-refractivity contribution in [1.82, 2.24) is 14.5 Å². The van der Waals surface area contributed by atoms with E-state index in [1.54, 1.807) is 7.11 Å². The van der Waals surface area contributed by atoms with Gasteiger partial charge in [0.25, 0.3) is 0 Å². The van der Waals surface area contributed by atoms with Gasteiger partial charge in [-0.05, 0) is 18.2 Å². The first-order valence-corrected chi connectivity index (χ1v) is 9.36. The highest BCUT2D eigenvalue weighted by atomic mass is 16.5. The van der Waals surface area contributed by atoms with Crippen molar-refractivity contribution in [3.63, 3.8) is 0 Å². The summed E-state index contributed by atoms with van der Waals surface area (Å²) in [6.45, 7) is 2.81. The van der Waals surface area contributed by atoms with Gasteiger partial charge in [-0.1, -0.05) is 30.3 Å². The topological polar surface area (TPSA) is 42.3 Å². The molecule has 1 N–H and O–H groups in total. The van der Waals surface area contributed by atoms with Gasteiger partial charge in [-0.3, -0.25) is 4.90 Å². The molecule has 140 valence electrons. The predicted octanol–water partition coefficient (Wildman–Crippen LogP) is 3.70. The van der Waals surface area contributed by atoms with Gasteiger partial charge in [-0.2, -0.15) is 0 Å². The van der Waals surface area contributed by atoms with Crippen LogP contribution in [0.4, 0.5) is 5.69 Å². The van der Waals surface area contributed by atoms with Crippen molar-refractivity contribution in [2.75, 3.05) is 26.0 Å². The van der Waals surface area contributed by atoms with Crippen LogP contribution in [0.5, 0.6) is 5.75 Å². The van der Waals surface area contributed by atoms with Gasteiger partial charge in [0.1, 0.15) is 11.6 Å². The van der Waals surface area contributed by atoms with E-state index in [2.05, 4.69) is 58.2 Å². The number of hydrogen-bond donors (Lipinski definition) is 1. The summed E-state index contributed by atoms with van der Waals surface area (Å²) in [5.41, 5.74) is 6.01. The third-order valence-corrected chi connectivity index (χ3v) is 5.33. The number of fused-ring (bicyclic) bond motifs is 1. The second kappa shape index (κ2) is 7.45. The first kappa shape index (κ1) is 17.6. The summed E-state index contributed by atoms with van der Waals surface area (Å²) in [5.74, 6) is 1.99. The Morgan fingerprint density at radius 1 is 1.15 bits per heavy atom. The van der Waals surface area contributed by atoms with Crippen LogP contribution in [0.3, 0.4) is 0 Å². The van der Waals surface area contributed by atoms with Gasteiger partial charge in [0.05, 0.1) is 18.5 Å². The minimum absolute atomic E-state index is 0.888. The van der Waals surface area contributed by atoms with E-state index in [9.17, 15) is 0 Å². The van der Waals surface area contributed by atoms with E-state index in [1.165, 1.54) is 17.0 Å². The summed E-state index contributed by atoms with van der Waals surface area (Å²) in [5, 5.41) is 3.21. The molecule has 1 aliphatic heterocycles. The molecule has 4 rings (SSSR count). The summed E-state index contributed by atoms with van der Waals surface area (Å²) in [4.78, 5) is 7.42. The number of imidazole rings is 1. The lowest BCUT2D eigenvalue weighted by molar-refractivity contribution is 0.235. The van der Waals surface area contributed by atoms with Gasteiger partial charge in [0, 0.05) is 57.0 Å². The van der Waals surface area contributed by atoms with Crippen LogP contribution in [-0.2, 0) is 26.6 Å². The Labute approximate surface area is 160 Å². The first-order chi connectivity index (χ1) is 13.2. The number of rotatable bonds is 5. The van der Waals surface area contributed by atoms with E-state index < -0.39 is 0 Å². The molecule has 0 amide bonds. The fraction of sp³-hybridized carbons (Fsp3) is 0.318. The lowest BCUT2D eigenvalue weighted by Crippen LogP contribution is -2.31. The summed E-state index contributed by atoms with van der Waals surface area (Å²) in [6.07, 6.45) is 0.976. The molecule has 0 bridgehead atoms. The number of ether oxygens (including phenoxy) is 1. The molecule has 0 spiro atoms. The van der Waals surface area contributed by atoms with Crippen LogP contribution in [0.1, 0.15) is 17.0 Å². The van der Waals surface area contributed by atoms with Crippen molar-refractivity contribution in [2.24, 2.45) is 7.05 Å². The minimum atomic E-state index is 0.888. The predicted molar refractivity (Wildman–Crippen MR) is 109 cm³/mol. The van der Waals surface area contributed by atoms with E-state index in [4.69, 9.17) is 9.72 Å². The molecule has 2 heterocycles. The molecule has 0 saturated heterocycles. The Hall–Kier alpha value is -2.79. The standard InChI is InChI=1S/C22H26N4O/c1-23-18-9-6-8-16(13-18)22-24-19-11-12-26(15-20(19)25(22)2)14-17-7-4-5-10-21(17)27-3/h4-10,13,23H,11-12,14-15H2,1-3H3. The minimum Gasteiger partial charge on any atom is -0.496 e. The zero-order valence-electron chi connectivity index (χ0n) is 16.2. The molecule has 3 aromatic rings. The molecule has 5 nitrogen and oxygen atoms in total. The number of aromatic nitrogens is 2. The molecule has 0 unspecified atom stereocenters. The highest BCUT2D eigenvalue weighted by Crippen LogP contribution is 2.28. The molecule has 2 aromatic carbocycles. The van der Waals surface area contributed by atoms with Crippen LogP contribution in [0.25, 0.3) is 11.4 Å². The second-order valence-electron chi connectivity index (χ2n) is 6.99. The molecular weight excluding hydrogens is 336 g/mol. The fourth-order valence-electron chi connectivity index (χ4n) is 3.82. The number of anilines is 1. The quantitative estimate of drug-likeness (QED) is 0.752. The summed E-state index contributed by atoms with van der Waals surface area (Å²) >= 11 is 0. The highest BCUT2D eigenvalue weighted by molar-refractivity contribution is 5.63. The Kier molecular flexibility index (Phi) is 4.86. The maximum absolute atomic E-state index is 5.51. The number of benzene rings is 2. The van der Waals surface area contributed by atoms with Crippen LogP contribution >= 0.6 is 0 Å². The van der Waals surface area contributed by atoms with Gasteiger partial charge >= 0.3 is 0 Å². The maximum Gasteiger partial charge on any atom is 0.140 e. The van der Waals surface area contributed by atoms with E-state index in [-0.39, 0.29) is 0 Å². The van der Waals surface area contributed by atoms with Gasteiger partial charge < -0.3 is 14.6 Å². The normalized spacial score (nSPS) is 14.0. The summed E-state index contributed by atoms with van der Waals surface area (Å²) < 4.78 is 7.76. The number of nitrogens with zero attached hydrogens (tertiary/aromatic N) is 3. The lowest BCUT2D eigenvalue weighted by atomic mass is 10.1. The molecule has 0 fully saturated rings. The van der Waals surface area contributed by atoms with E-state index >= 15 is 0 Å². The van der Waals surface area contributed by atoms with Crippen molar-refractivity contribution >= 4 is 5.69 Å². The van der Waals surface area contributed by atoms with E-state index in [0.29, 0.717) is 0 Å². The van der Waals surface area contributed by atoms with E-state index in [0.717, 1.165) is 48.9 Å². The average Bonchev–Trinajstić information content (AvgIpc) is 3.05. The Morgan fingerprint density at radius 3 is 2.81 bits per heavy atom. The van der Waals surface area contributed by atoms with Crippen LogP contribution in [0.2, 0.25) is 0 Å². The Morgan fingerprint density at radius 2 is 2.00 bits per heavy atom. The van der Waals surface area contributed by atoms with Crippen LogP contribution in [0, 0.1) is 0 Å². The molecule has 1 aromatic heterocycles. The zero-order chi connectivity index (χ0) is 18.8. The number of para-hydroxylation sites is 1. The average molecular weight is 362 g/mol. The second-order valence-corrected chi connectivity index (χ2v) is 6.99. The van der Waals surface area contributed by atoms with Gasteiger partial charge in [0.15, 0.2) is 0 Å². The zero-order valence-corrected chi connectivity index (χ0v) is 16.2. The molecule has 0 saturated carbocycles. The van der Waals surface area contributed by atoms with E-state index in [1.807, 2.05) is 19.2 Å². The largest absolute Gasteiger partial charge is 0.496 e. The van der Waals surface area contributed by atoms with Crippen LogP contribution in [0.15, 0.2) is 48.5 Å². The number of methoxy groups -OCH3 is 1. The van der Waals surface area contributed by atoms with Gasteiger partial charge in [-0.25, -0.2) is 4.98 Å². The Bertz CT molecular complexity index is 947. The fourth-order valence-corrected chi connectivity index (χ4v) is 3.82. The molecule has 0 atom stereocenters. The molecule has 1 aliphatic rings. The van der Waals surface area contributed by atoms with Crippen molar-refractivity contribution < 1.29 is 4.74 Å². The number of hydrogen-bond acceptors (Lipinski definition) is 4. The number of nitrogens with one attached hydrogen (secondary N) is 1. The third kappa shape index (κ3) is 3.43. The third-order valence-electron chi connectivity index (χ3n) is 5.33. The lowest BCUT2D eigenvalue weighted by Gasteiger charge is -2.27. The summed E-state index contributed by atoms with van der Waals surface area (Å²) in [6, 6.07) is 16.7. The highest BCUT2D eigenvalue weighted by Gasteiger charge is 2.24. The van der Waals surface area contributed by atoms with Gasteiger partial charge in [-0.15, -0.1) is 0 Å². The SMILES string of the molecule is CNc1cccc(-c2nc3c(n2C)CN(Cc2ccccc2OC)CC3)c1. The van der Waals surface area contributed by atoms with Crippen molar-refractivity contribution in [3.05, 3.63) is 65.5 Å².